The second kappa shape index (κ2) is 13.6. The number of nitrogen functional groups attached to an aromatic ring is 2. The van der Waals surface area contributed by atoms with Crippen molar-refractivity contribution in [3.63, 3.8) is 0 Å². The smallest absolute Gasteiger partial charge is 0.420 e. The second-order valence-electron chi connectivity index (χ2n) is 13.5. The van der Waals surface area contributed by atoms with E-state index in [-0.39, 0.29) is 47.3 Å². The van der Waals surface area contributed by atoms with Crippen molar-refractivity contribution in [2.24, 2.45) is 0 Å². The maximum atomic E-state index is 14.3. The zero-order chi connectivity index (χ0) is 37.1. The predicted octanol–water partition coefficient (Wildman–Crippen LogP) is 8.03. The van der Waals surface area contributed by atoms with Crippen LogP contribution in [0.1, 0.15) is 33.4 Å². The fourth-order valence-electron chi connectivity index (χ4n) is 6.32. The summed E-state index contributed by atoms with van der Waals surface area (Å²) in [6, 6.07) is 12.8. The Morgan fingerprint density at radius 3 is 1.15 bits per heavy atom. The molecule has 4 atom stereocenters. The van der Waals surface area contributed by atoms with Crippen molar-refractivity contribution < 1.29 is 59.5 Å². The Balaban J connectivity index is 1.23. The molecule has 4 aliphatic rings. The summed E-state index contributed by atoms with van der Waals surface area (Å²) in [5.74, 6) is 0.409. The van der Waals surface area contributed by atoms with Crippen LogP contribution in [-0.4, -0.2) is 50.8 Å². The van der Waals surface area contributed by atoms with Gasteiger partial charge in [-0.15, -0.1) is 0 Å². The number of hydrogen-bond acceptors (Lipinski definition) is 9. The van der Waals surface area contributed by atoms with Crippen LogP contribution >= 0.6 is 0 Å². The van der Waals surface area contributed by atoms with Gasteiger partial charge in [0.2, 0.25) is 0 Å². The van der Waals surface area contributed by atoms with E-state index in [2.05, 4.69) is 0 Å². The Hall–Kier alpha value is -4.70. The van der Waals surface area contributed by atoms with Crippen molar-refractivity contribution in [1.29, 1.82) is 0 Å². The van der Waals surface area contributed by atoms with Crippen LogP contribution in [-0.2, 0) is 57.0 Å². The van der Waals surface area contributed by atoms with Crippen LogP contribution in [0.2, 0.25) is 0 Å². The van der Waals surface area contributed by atoms with Gasteiger partial charge in [0.1, 0.15) is 45.6 Å². The third-order valence-corrected chi connectivity index (χ3v) is 9.26. The second-order valence-corrected chi connectivity index (χ2v) is 13.5. The summed E-state index contributed by atoms with van der Waals surface area (Å²) in [5, 5.41) is 0. The van der Waals surface area contributed by atoms with Gasteiger partial charge in [-0.2, -0.15) is 26.3 Å². The van der Waals surface area contributed by atoms with Crippen molar-refractivity contribution in [3.8, 4) is 34.5 Å². The van der Waals surface area contributed by atoms with Crippen molar-refractivity contribution in [2.45, 2.75) is 62.5 Å². The van der Waals surface area contributed by atoms with Gasteiger partial charge in [-0.3, -0.25) is 0 Å². The summed E-state index contributed by atoms with van der Waals surface area (Å²) in [4.78, 5) is 0. The Labute approximate surface area is 299 Å². The quantitative estimate of drug-likeness (QED) is 0.0749. The molecule has 0 saturated carbocycles. The molecular weight excluding hydrogens is 710 g/mol. The van der Waals surface area contributed by atoms with Gasteiger partial charge in [-0.25, -0.2) is 0 Å². The van der Waals surface area contributed by atoms with Crippen LogP contribution < -0.4 is 25.7 Å². The zero-order valence-corrected chi connectivity index (χ0v) is 28.0. The summed E-state index contributed by atoms with van der Waals surface area (Å²) >= 11 is 0. The highest BCUT2D eigenvalue weighted by molar-refractivity contribution is 5.64. The molecule has 4 heterocycles. The first-order chi connectivity index (χ1) is 25.3. The molecule has 4 unspecified atom stereocenters. The van der Waals surface area contributed by atoms with Gasteiger partial charge in [0, 0.05) is 59.3 Å². The number of ether oxygens (including phenoxy) is 7. The Kier molecular flexibility index (Phi) is 9.08. The van der Waals surface area contributed by atoms with Gasteiger partial charge < -0.3 is 44.6 Å². The van der Waals surface area contributed by atoms with Crippen molar-refractivity contribution in [3.05, 3.63) is 94.0 Å². The molecule has 0 bridgehead atoms. The standard InChI is InChI=1S/C38H34F6N2O7/c39-37(40,41)31-9-19(45)1-7-33(31)51-21-3-5-22(6-4-21)52-35-27(11-23-15-47-23)29(13-25-17-49-25)36(30(14-26-18-50-26)28(35)12-24-16-48-24)53-34-8-2-20(46)10-32(34)38(42,43)44/h1-10,23-26H,11-18,45-46H2. The molecule has 0 spiro atoms. The Morgan fingerprint density at radius 1 is 0.491 bits per heavy atom. The van der Waals surface area contributed by atoms with E-state index in [4.69, 9.17) is 44.6 Å². The van der Waals surface area contributed by atoms with Gasteiger partial charge in [0.15, 0.2) is 0 Å². The van der Waals surface area contributed by atoms with E-state index in [9.17, 15) is 26.3 Å². The van der Waals surface area contributed by atoms with E-state index in [1.54, 1.807) is 12.1 Å². The minimum Gasteiger partial charge on any atom is -0.457 e. The van der Waals surface area contributed by atoms with Gasteiger partial charge in [0.25, 0.3) is 0 Å². The van der Waals surface area contributed by atoms with E-state index in [0.29, 0.717) is 85.9 Å². The van der Waals surface area contributed by atoms with Crippen molar-refractivity contribution >= 4 is 11.4 Å². The number of benzene rings is 4. The van der Waals surface area contributed by atoms with E-state index in [1.165, 1.54) is 30.3 Å². The molecular formula is C38H34F6N2O7. The Morgan fingerprint density at radius 2 is 0.811 bits per heavy atom. The molecule has 280 valence electrons. The molecule has 4 aromatic rings. The number of epoxide rings is 4. The molecule has 4 N–H and O–H groups in total. The fourth-order valence-corrected chi connectivity index (χ4v) is 6.32. The normalized spacial score (nSPS) is 21.6. The summed E-state index contributed by atoms with van der Waals surface area (Å²) in [7, 11) is 0. The van der Waals surface area contributed by atoms with Crippen LogP contribution in [0.15, 0.2) is 60.7 Å². The van der Waals surface area contributed by atoms with Crippen molar-refractivity contribution in [1.82, 2.24) is 0 Å². The number of halogens is 6. The summed E-state index contributed by atoms with van der Waals surface area (Å²) < 4.78 is 125. The average Bonchev–Trinajstić information content (AvgIpc) is 3.89. The highest BCUT2D eigenvalue weighted by atomic mass is 19.4. The lowest BCUT2D eigenvalue weighted by molar-refractivity contribution is -0.139. The summed E-state index contributed by atoms with van der Waals surface area (Å²) in [6.07, 6.45) is -8.73. The molecule has 9 nitrogen and oxygen atoms in total. The minimum atomic E-state index is -4.75. The number of alkyl halides is 6. The number of hydrogen-bond donors (Lipinski definition) is 2. The third-order valence-electron chi connectivity index (χ3n) is 9.26. The molecule has 4 fully saturated rings. The maximum absolute atomic E-state index is 14.3. The van der Waals surface area contributed by atoms with Crippen molar-refractivity contribution in [2.75, 3.05) is 37.9 Å². The number of rotatable bonds is 14. The first-order valence-corrected chi connectivity index (χ1v) is 17.0. The highest BCUT2D eigenvalue weighted by Crippen LogP contribution is 2.49. The topological polar surface area (TPSA) is 130 Å². The molecule has 4 aromatic carbocycles. The number of anilines is 2. The molecule has 0 amide bonds. The number of nitrogens with two attached hydrogens (primary N) is 2. The zero-order valence-electron chi connectivity index (χ0n) is 28.0. The van der Waals surface area contributed by atoms with Gasteiger partial charge in [0.05, 0.1) is 50.8 Å². The monoisotopic (exact) mass is 744 g/mol. The molecule has 4 saturated heterocycles. The predicted molar refractivity (Wildman–Crippen MR) is 179 cm³/mol. The van der Waals surface area contributed by atoms with Crippen LogP contribution in [0.4, 0.5) is 37.7 Å². The lowest BCUT2D eigenvalue weighted by Gasteiger charge is -2.27. The van der Waals surface area contributed by atoms with Crippen LogP contribution in [0.25, 0.3) is 0 Å². The lowest BCUT2D eigenvalue weighted by Crippen LogP contribution is -2.16. The fraction of sp³-hybridized carbons (Fsp3) is 0.368. The van der Waals surface area contributed by atoms with Gasteiger partial charge in [-0.05, 0) is 60.7 Å². The average molecular weight is 745 g/mol. The minimum absolute atomic E-state index is 0.0564. The van der Waals surface area contributed by atoms with E-state index in [1.807, 2.05) is 0 Å². The molecule has 15 heteroatoms. The Bertz CT molecular complexity index is 1950. The van der Waals surface area contributed by atoms with E-state index in [0.717, 1.165) is 18.2 Å². The van der Waals surface area contributed by atoms with Gasteiger partial charge >= 0.3 is 12.4 Å². The van der Waals surface area contributed by atoms with Gasteiger partial charge in [-0.1, -0.05) is 0 Å². The van der Waals surface area contributed by atoms with Crippen LogP contribution in [0, 0.1) is 0 Å². The first-order valence-electron chi connectivity index (χ1n) is 17.0. The molecule has 4 aliphatic heterocycles. The SMILES string of the molecule is Nc1ccc(Oc2ccc(Oc3c(CC4CO4)c(CC4CO4)c(Oc4ccc(N)cc4C(F)(F)F)c(CC4CO4)c3CC3CO3)cc2)c(C(F)(F)F)c1. The molecule has 0 aromatic heterocycles. The van der Waals surface area contributed by atoms with E-state index < -0.39 is 35.0 Å². The third kappa shape index (κ3) is 8.43. The molecule has 53 heavy (non-hydrogen) atoms. The maximum Gasteiger partial charge on any atom is 0.420 e. The summed E-state index contributed by atoms with van der Waals surface area (Å²) in [6.45, 7) is 1.91. The van der Waals surface area contributed by atoms with Crippen LogP contribution in [0.5, 0.6) is 34.5 Å². The first kappa shape index (κ1) is 35.3. The van der Waals surface area contributed by atoms with Crippen LogP contribution in [0.3, 0.4) is 0 Å². The molecule has 8 rings (SSSR count). The highest BCUT2D eigenvalue weighted by Gasteiger charge is 2.40. The molecule has 0 radical (unpaired) electrons. The largest absolute Gasteiger partial charge is 0.457 e. The summed E-state index contributed by atoms with van der Waals surface area (Å²) in [5.41, 5.74) is 11.9. The lowest BCUT2D eigenvalue weighted by atomic mass is 9.86. The van der Waals surface area contributed by atoms with E-state index >= 15 is 0 Å². The molecule has 0 aliphatic carbocycles.